The van der Waals surface area contributed by atoms with Crippen molar-refractivity contribution in [1.82, 2.24) is 0 Å². The van der Waals surface area contributed by atoms with E-state index in [0.717, 1.165) is 11.3 Å². The number of aliphatic carboxylic acids is 1. The van der Waals surface area contributed by atoms with E-state index in [1.165, 1.54) is 0 Å². The van der Waals surface area contributed by atoms with E-state index in [1.807, 2.05) is 48.5 Å². The molecule has 26 heavy (non-hydrogen) atoms. The molecule has 0 spiro atoms. The fourth-order valence-corrected chi connectivity index (χ4v) is 2.52. The summed E-state index contributed by atoms with van der Waals surface area (Å²) in [6, 6.07) is 23.7. The molecular weight excluding hydrogens is 328 g/mol. The largest absolute Gasteiger partial charge is 0.497 e. The number of carboxylic acid groups (broad SMARTS) is 1. The standard InChI is InChI=1S/C22H18O4/c1-25-19-11-6-8-17(15-19)21(22(23)24)14-16-7-5-12-20(13-16)26-18-9-3-2-4-10-18/h2-15H,1H3,(H,23,24)/b21-14-. The average Bonchev–Trinajstić information content (AvgIpc) is 2.67. The maximum absolute atomic E-state index is 11.7. The minimum Gasteiger partial charge on any atom is -0.497 e. The smallest absolute Gasteiger partial charge is 0.336 e. The lowest BCUT2D eigenvalue weighted by Gasteiger charge is -2.08. The molecule has 3 aromatic carbocycles. The Morgan fingerprint density at radius 1 is 0.846 bits per heavy atom. The molecule has 0 saturated heterocycles. The molecular formula is C22H18O4. The minimum absolute atomic E-state index is 0.181. The van der Waals surface area contributed by atoms with E-state index in [0.29, 0.717) is 17.1 Å². The van der Waals surface area contributed by atoms with Gasteiger partial charge in [0.15, 0.2) is 0 Å². The second-order valence-electron chi connectivity index (χ2n) is 5.58. The zero-order valence-electron chi connectivity index (χ0n) is 14.3. The highest BCUT2D eigenvalue weighted by molar-refractivity contribution is 6.20. The number of hydrogen-bond donors (Lipinski definition) is 1. The maximum atomic E-state index is 11.7. The summed E-state index contributed by atoms with van der Waals surface area (Å²) < 4.78 is 11.0. The lowest BCUT2D eigenvalue weighted by atomic mass is 10.0. The molecule has 3 aromatic rings. The van der Waals surface area contributed by atoms with Crippen molar-refractivity contribution >= 4 is 17.6 Å². The third-order valence-electron chi connectivity index (χ3n) is 3.76. The van der Waals surface area contributed by atoms with Gasteiger partial charge in [0.2, 0.25) is 0 Å². The summed E-state index contributed by atoms with van der Waals surface area (Å²) in [6.45, 7) is 0. The summed E-state index contributed by atoms with van der Waals surface area (Å²) in [5.74, 6) is 0.962. The maximum Gasteiger partial charge on any atom is 0.336 e. The van der Waals surface area contributed by atoms with Crippen molar-refractivity contribution in [3.05, 3.63) is 90.0 Å². The molecule has 0 aromatic heterocycles. The van der Waals surface area contributed by atoms with Crippen LogP contribution in [0.2, 0.25) is 0 Å². The van der Waals surface area contributed by atoms with Crippen LogP contribution in [0.25, 0.3) is 11.6 Å². The number of para-hydroxylation sites is 1. The monoisotopic (exact) mass is 346 g/mol. The summed E-state index contributed by atoms with van der Waals surface area (Å²) >= 11 is 0. The Balaban J connectivity index is 1.93. The number of hydrogen-bond acceptors (Lipinski definition) is 3. The predicted octanol–water partition coefficient (Wildman–Crippen LogP) is 5.11. The van der Waals surface area contributed by atoms with Crippen LogP contribution in [0, 0.1) is 0 Å². The summed E-state index contributed by atoms with van der Waals surface area (Å²) in [6.07, 6.45) is 1.62. The van der Waals surface area contributed by atoms with E-state index < -0.39 is 5.97 Å². The van der Waals surface area contributed by atoms with Crippen LogP contribution >= 0.6 is 0 Å². The Morgan fingerprint density at radius 3 is 2.27 bits per heavy atom. The fourth-order valence-electron chi connectivity index (χ4n) is 2.52. The van der Waals surface area contributed by atoms with Gasteiger partial charge in [-0.05, 0) is 53.6 Å². The zero-order valence-corrected chi connectivity index (χ0v) is 14.3. The van der Waals surface area contributed by atoms with E-state index >= 15 is 0 Å². The van der Waals surface area contributed by atoms with Crippen LogP contribution in [0.5, 0.6) is 17.2 Å². The molecule has 1 N–H and O–H groups in total. The van der Waals surface area contributed by atoms with Crippen LogP contribution in [0.3, 0.4) is 0 Å². The molecule has 0 saturated carbocycles. The fraction of sp³-hybridized carbons (Fsp3) is 0.0455. The van der Waals surface area contributed by atoms with Crippen molar-refractivity contribution in [2.75, 3.05) is 7.11 Å². The molecule has 0 aliphatic carbocycles. The van der Waals surface area contributed by atoms with Crippen LogP contribution in [0.1, 0.15) is 11.1 Å². The molecule has 0 atom stereocenters. The molecule has 0 bridgehead atoms. The van der Waals surface area contributed by atoms with E-state index in [9.17, 15) is 9.90 Å². The topological polar surface area (TPSA) is 55.8 Å². The third-order valence-corrected chi connectivity index (χ3v) is 3.76. The van der Waals surface area contributed by atoms with Crippen molar-refractivity contribution < 1.29 is 19.4 Å². The number of carboxylic acids is 1. The first-order valence-corrected chi connectivity index (χ1v) is 8.08. The van der Waals surface area contributed by atoms with Crippen LogP contribution in [0.4, 0.5) is 0 Å². The second-order valence-corrected chi connectivity index (χ2v) is 5.58. The first kappa shape index (κ1) is 17.3. The highest BCUT2D eigenvalue weighted by Gasteiger charge is 2.11. The van der Waals surface area contributed by atoms with Gasteiger partial charge >= 0.3 is 5.97 Å². The lowest BCUT2D eigenvalue weighted by molar-refractivity contribution is -0.130. The number of methoxy groups -OCH3 is 1. The van der Waals surface area contributed by atoms with E-state index in [-0.39, 0.29) is 5.57 Å². The molecule has 0 heterocycles. The van der Waals surface area contributed by atoms with Crippen LogP contribution in [0.15, 0.2) is 78.9 Å². The predicted molar refractivity (Wildman–Crippen MR) is 101 cm³/mol. The first-order chi connectivity index (χ1) is 12.7. The summed E-state index contributed by atoms with van der Waals surface area (Å²) in [7, 11) is 1.55. The minimum atomic E-state index is -1.01. The van der Waals surface area contributed by atoms with Gasteiger partial charge in [0.05, 0.1) is 12.7 Å². The Bertz CT molecular complexity index is 930. The zero-order chi connectivity index (χ0) is 18.4. The van der Waals surface area contributed by atoms with Gasteiger partial charge in [-0.3, -0.25) is 0 Å². The van der Waals surface area contributed by atoms with Gasteiger partial charge in [-0.15, -0.1) is 0 Å². The SMILES string of the molecule is COc1cccc(/C(=C/c2cccc(Oc3ccccc3)c2)C(=O)O)c1. The van der Waals surface area contributed by atoms with Crippen LogP contribution in [-0.2, 0) is 4.79 Å². The van der Waals surface area contributed by atoms with Gasteiger partial charge in [-0.2, -0.15) is 0 Å². The Labute approximate surface area is 151 Å². The van der Waals surface area contributed by atoms with Crippen molar-refractivity contribution in [3.8, 4) is 17.2 Å². The van der Waals surface area contributed by atoms with Gasteiger partial charge in [0.1, 0.15) is 17.2 Å². The highest BCUT2D eigenvalue weighted by atomic mass is 16.5. The average molecular weight is 346 g/mol. The van der Waals surface area contributed by atoms with Crippen molar-refractivity contribution in [2.24, 2.45) is 0 Å². The van der Waals surface area contributed by atoms with E-state index in [1.54, 1.807) is 43.5 Å². The summed E-state index contributed by atoms with van der Waals surface area (Å²) in [5, 5.41) is 9.62. The summed E-state index contributed by atoms with van der Waals surface area (Å²) in [4.78, 5) is 11.7. The molecule has 4 nitrogen and oxygen atoms in total. The van der Waals surface area contributed by atoms with Crippen molar-refractivity contribution in [1.29, 1.82) is 0 Å². The molecule has 0 amide bonds. The molecule has 0 fully saturated rings. The van der Waals surface area contributed by atoms with Gasteiger partial charge < -0.3 is 14.6 Å². The third kappa shape index (κ3) is 4.30. The van der Waals surface area contributed by atoms with E-state index in [2.05, 4.69) is 0 Å². The summed E-state index contributed by atoms with van der Waals surface area (Å²) in [5.41, 5.74) is 1.49. The highest BCUT2D eigenvalue weighted by Crippen LogP contribution is 2.26. The molecule has 3 rings (SSSR count). The number of rotatable bonds is 6. The van der Waals surface area contributed by atoms with Crippen LogP contribution < -0.4 is 9.47 Å². The number of ether oxygens (including phenoxy) is 2. The van der Waals surface area contributed by atoms with E-state index in [4.69, 9.17) is 9.47 Å². The van der Waals surface area contributed by atoms with Gasteiger partial charge in [0.25, 0.3) is 0 Å². The van der Waals surface area contributed by atoms with Crippen LogP contribution in [-0.4, -0.2) is 18.2 Å². The lowest BCUT2D eigenvalue weighted by Crippen LogP contribution is -2.00. The molecule has 0 aliphatic rings. The number of benzene rings is 3. The van der Waals surface area contributed by atoms with Gasteiger partial charge in [-0.1, -0.05) is 42.5 Å². The molecule has 4 heteroatoms. The molecule has 0 aliphatic heterocycles. The molecule has 0 radical (unpaired) electrons. The quantitative estimate of drug-likeness (QED) is 0.497. The first-order valence-electron chi connectivity index (χ1n) is 8.08. The number of carbonyl (C=O) groups is 1. The molecule has 130 valence electrons. The Kier molecular flexibility index (Phi) is 5.34. The van der Waals surface area contributed by atoms with Crippen molar-refractivity contribution in [2.45, 2.75) is 0 Å². The molecule has 0 unspecified atom stereocenters. The Morgan fingerprint density at radius 2 is 1.54 bits per heavy atom. The van der Waals surface area contributed by atoms with Crippen molar-refractivity contribution in [3.63, 3.8) is 0 Å². The van der Waals surface area contributed by atoms with Gasteiger partial charge in [0, 0.05) is 0 Å². The second kappa shape index (κ2) is 8.03. The Hall–Kier alpha value is -3.53. The normalized spacial score (nSPS) is 11.0. The van der Waals surface area contributed by atoms with Gasteiger partial charge in [-0.25, -0.2) is 4.79 Å².